The van der Waals surface area contributed by atoms with E-state index in [0.717, 1.165) is 80.4 Å². The van der Waals surface area contributed by atoms with E-state index in [1.807, 2.05) is 47.8 Å². The lowest BCUT2D eigenvalue weighted by molar-refractivity contribution is 0.0789. The number of carbonyl (C=O) groups excluding carboxylic acids is 1. The standard InChI is InChI=1S/C22H28N4O2S/c1-29-22-23-14-17(15-24-22)16-25-11-7-19(8-12-25)28-20-6-4-5-18(13-20)21(27)26-9-2-3-10-26/h4-6,13-15,19H,2-3,7-12,16H2,1H3. The molecule has 0 aliphatic carbocycles. The van der Waals surface area contributed by atoms with Crippen LogP contribution in [0.3, 0.4) is 0 Å². The van der Waals surface area contributed by atoms with Gasteiger partial charge in [-0.15, -0.1) is 0 Å². The van der Waals surface area contributed by atoms with Crippen molar-refractivity contribution in [2.75, 3.05) is 32.4 Å². The van der Waals surface area contributed by atoms with E-state index < -0.39 is 0 Å². The van der Waals surface area contributed by atoms with Crippen LogP contribution in [-0.4, -0.2) is 64.2 Å². The summed E-state index contributed by atoms with van der Waals surface area (Å²) < 4.78 is 6.21. The molecule has 0 spiro atoms. The molecule has 0 unspecified atom stereocenters. The summed E-state index contributed by atoms with van der Waals surface area (Å²) in [7, 11) is 0. The van der Waals surface area contributed by atoms with Gasteiger partial charge in [0.15, 0.2) is 5.16 Å². The van der Waals surface area contributed by atoms with Gasteiger partial charge in [-0.1, -0.05) is 17.8 Å². The van der Waals surface area contributed by atoms with Crippen LogP contribution in [0.25, 0.3) is 0 Å². The largest absolute Gasteiger partial charge is 0.490 e. The Labute approximate surface area is 176 Å². The van der Waals surface area contributed by atoms with Gasteiger partial charge in [-0.2, -0.15) is 0 Å². The molecule has 0 saturated carbocycles. The van der Waals surface area contributed by atoms with Crippen LogP contribution in [0, 0.1) is 0 Å². The van der Waals surface area contributed by atoms with Crippen molar-refractivity contribution in [3.8, 4) is 5.75 Å². The lowest BCUT2D eigenvalue weighted by atomic mass is 10.1. The van der Waals surface area contributed by atoms with Crippen molar-refractivity contribution in [3.63, 3.8) is 0 Å². The number of rotatable bonds is 6. The van der Waals surface area contributed by atoms with Crippen LogP contribution in [0.1, 0.15) is 41.6 Å². The van der Waals surface area contributed by atoms with Gasteiger partial charge >= 0.3 is 0 Å². The fourth-order valence-corrected chi connectivity index (χ4v) is 4.29. The minimum Gasteiger partial charge on any atom is -0.490 e. The highest BCUT2D eigenvalue weighted by molar-refractivity contribution is 7.98. The molecule has 0 bridgehead atoms. The lowest BCUT2D eigenvalue weighted by Crippen LogP contribution is -2.37. The Morgan fingerprint density at radius 1 is 1.14 bits per heavy atom. The maximum absolute atomic E-state index is 12.6. The van der Waals surface area contributed by atoms with Gasteiger partial charge < -0.3 is 9.64 Å². The highest BCUT2D eigenvalue weighted by atomic mass is 32.2. The first kappa shape index (κ1) is 20.2. The number of carbonyl (C=O) groups is 1. The third-order valence-electron chi connectivity index (χ3n) is 5.58. The van der Waals surface area contributed by atoms with E-state index in [9.17, 15) is 4.79 Å². The van der Waals surface area contributed by atoms with Gasteiger partial charge in [0.25, 0.3) is 5.91 Å². The van der Waals surface area contributed by atoms with Gasteiger partial charge in [0.1, 0.15) is 11.9 Å². The second-order valence-electron chi connectivity index (χ2n) is 7.70. The molecule has 2 saturated heterocycles. The molecule has 2 aliphatic heterocycles. The topological polar surface area (TPSA) is 58.6 Å². The Kier molecular flexibility index (Phi) is 6.67. The van der Waals surface area contributed by atoms with Crippen LogP contribution in [-0.2, 0) is 6.54 Å². The maximum Gasteiger partial charge on any atom is 0.253 e. The van der Waals surface area contributed by atoms with Gasteiger partial charge in [0.2, 0.25) is 0 Å². The zero-order valence-corrected chi connectivity index (χ0v) is 17.7. The highest BCUT2D eigenvalue weighted by Gasteiger charge is 2.22. The quantitative estimate of drug-likeness (QED) is 0.535. The van der Waals surface area contributed by atoms with Gasteiger partial charge in [0.05, 0.1) is 0 Å². The molecule has 2 fully saturated rings. The minimum absolute atomic E-state index is 0.123. The second-order valence-corrected chi connectivity index (χ2v) is 8.47. The summed E-state index contributed by atoms with van der Waals surface area (Å²) in [5, 5.41) is 0.811. The van der Waals surface area contributed by atoms with Crippen LogP contribution >= 0.6 is 11.8 Å². The van der Waals surface area contributed by atoms with Crippen molar-refractivity contribution in [1.29, 1.82) is 0 Å². The number of aromatic nitrogens is 2. The zero-order valence-electron chi connectivity index (χ0n) is 16.9. The van der Waals surface area contributed by atoms with E-state index in [1.165, 1.54) is 0 Å². The molecule has 2 aromatic rings. The predicted molar refractivity (Wildman–Crippen MR) is 114 cm³/mol. The number of hydrogen-bond donors (Lipinski definition) is 0. The van der Waals surface area contributed by atoms with E-state index in [1.54, 1.807) is 11.8 Å². The summed E-state index contributed by atoms with van der Waals surface area (Å²) in [5.74, 6) is 0.923. The Morgan fingerprint density at radius 3 is 2.55 bits per heavy atom. The maximum atomic E-state index is 12.6. The first-order valence-electron chi connectivity index (χ1n) is 10.3. The van der Waals surface area contributed by atoms with E-state index in [2.05, 4.69) is 14.9 Å². The third-order valence-corrected chi connectivity index (χ3v) is 6.16. The zero-order chi connectivity index (χ0) is 20.1. The molecule has 1 aromatic heterocycles. The van der Waals surface area contributed by atoms with Crippen molar-refractivity contribution in [3.05, 3.63) is 47.8 Å². The van der Waals surface area contributed by atoms with Crippen molar-refractivity contribution in [2.24, 2.45) is 0 Å². The average Bonchev–Trinajstić information content (AvgIpc) is 3.30. The fraction of sp³-hybridized carbons (Fsp3) is 0.500. The summed E-state index contributed by atoms with van der Waals surface area (Å²) >= 11 is 1.56. The molecule has 154 valence electrons. The normalized spacial score (nSPS) is 18.2. The van der Waals surface area contributed by atoms with Gasteiger partial charge in [-0.3, -0.25) is 9.69 Å². The molecule has 7 heteroatoms. The number of hydrogen-bond acceptors (Lipinski definition) is 6. The molecule has 1 amide bonds. The van der Waals surface area contributed by atoms with Crippen LogP contribution in [0.5, 0.6) is 5.75 Å². The monoisotopic (exact) mass is 412 g/mol. The number of benzene rings is 1. The Bertz CT molecular complexity index is 816. The Balaban J connectivity index is 1.28. The van der Waals surface area contributed by atoms with Crippen LogP contribution in [0.4, 0.5) is 0 Å². The van der Waals surface area contributed by atoms with Crippen molar-refractivity contribution in [2.45, 2.75) is 43.5 Å². The summed E-state index contributed by atoms with van der Waals surface area (Å²) in [4.78, 5) is 25.7. The minimum atomic E-state index is 0.123. The molecule has 29 heavy (non-hydrogen) atoms. The number of likely N-dealkylation sites (tertiary alicyclic amines) is 2. The predicted octanol–water partition coefficient (Wildman–Crippen LogP) is 3.48. The van der Waals surface area contributed by atoms with Gasteiger partial charge in [-0.25, -0.2) is 9.97 Å². The molecule has 3 heterocycles. The van der Waals surface area contributed by atoms with Crippen molar-refractivity contribution in [1.82, 2.24) is 19.8 Å². The number of piperidine rings is 1. The molecule has 4 rings (SSSR count). The highest BCUT2D eigenvalue weighted by Crippen LogP contribution is 2.22. The molecule has 1 aromatic carbocycles. The Hall–Kier alpha value is -2.12. The summed E-state index contributed by atoms with van der Waals surface area (Å²) in [5.41, 5.74) is 1.88. The van der Waals surface area contributed by atoms with Crippen molar-refractivity contribution < 1.29 is 9.53 Å². The van der Waals surface area contributed by atoms with Crippen LogP contribution < -0.4 is 4.74 Å². The number of thioether (sulfide) groups is 1. The summed E-state index contributed by atoms with van der Waals surface area (Å²) in [6.07, 6.45) is 10.2. The lowest BCUT2D eigenvalue weighted by Gasteiger charge is -2.32. The van der Waals surface area contributed by atoms with Crippen LogP contribution in [0.2, 0.25) is 0 Å². The van der Waals surface area contributed by atoms with Gasteiger partial charge in [0, 0.05) is 56.2 Å². The molecular formula is C22H28N4O2S. The molecule has 2 aliphatic rings. The molecule has 6 nitrogen and oxygen atoms in total. The first-order chi connectivity index (χ1) is 14.2. The molecular weight excluding hydrogens is 384 g/mol. The number of amides is 1. The number of nitrogens with zero attached hydrogens (tertiary/aromatic N) is 4. The summed E-state index contributed by atoms with van der Waals surface area (Å²) in [6, 6.07) is 7.67. The molecule has 0 atom stereocenters. The fourth-order valence-electron chi connectivity index (χ4n) is 3.97. The van der Waals surface area contributed by atoms with E-state index >= 15 is 0 Å². The first-order valence-corrected chi connectivity index (χ1v) is 11.6. The van der Waals surface area contributed by atoms with E-state index in [-0.39, 0.29) is 12.0 Å². The van der Waals surface area contributed by atoms with Crippen LogP contribution in [0.15, 0.2) is 41.8 Å². The molecule has 0 N–H and O–H groups in total. The van der Waals surface area contributed by atoms with Gasteiger partial charge in [-0.05, 0) is 50.1 Å². The smallest absolute Gasteiger partial charge is 0.253 e. The second kappa shape index (κ2) is 9.59. The van der Waals surface area contributed by atoms with E-state index in [0.29, 0.717) is 0 Å². The van der Waals surface area contributed by atoms with Crippen molar-refractivity contribution >= 4 is 17.7 Å². The number of ether oxygens (including phenoxy) is 1. The third kappa shape index (κ3) is 5.28. The summed E-state index contributed by atoms with van der Waals surface area (Å²) in [6.45, 7) is 4.59. The SMILES string of the molecule is CSc1ncc(CN2CCC(Oc3cccc(C(=O)N4CCCC4)c3)CC2)cn1. The molecule has 0 radical (unpaired) electrons. The van der Waals surface area contributed by atoms with E-state index in [4.69, 9.17) is 4.74 Å². The average molecular weight is 413 g/mol. The Morgan fingerprint density at radius 2 is 1.86 bits per heavy atom.